The summed E-state index contributed by atoms with van der Waals surface area (Å²) in [7, 11) is 0. The number of unbranched alkanes of at least 4 members (excludes halogenated alkanes) is 1. The molecule has 2 N–H and O–H groups in total. The summed E-state index contributed by atoms with van der Waals surface area (Å²) >= 11 is 0. The maximum atomic E-state index is 13.5. The van der Waals surface area contributed by atoms with E-state index < -0.39 is 29.6 Å². The van der Waals surface area contributed by atoms with Crippen LogP contribution in [0.3, 0.4) is 0 Å². The maximum Gasteiger partial charge on any atom is 0.409 e. The summed E-state index contributed by atoms with van der Waals surface area (Å²) < 4.78 is 10.6. The molecule has 1 saturated heterocycles. The zero-order valence-corrected chi connectivity index (χ0v) is 24.0. The number of hydrogen-bond donors (Lipinski definition) is 2. The van der Waals surface area contributed by atoms with Crippen LogP contribution in [0.2, 0.25) is 0 Å². The van der Waals surface area contributed by atoms with Crippen molar-refractivity contribution in [2.75, 3.05) is 32.8 Å². The van der Waals surface area contributed by atoms with Gasteiger partial charge in [0.25, 0.3) is 5.91 Å². The average Bonchev–Trinajstić information content (AvgIpc) is 2.89. The molecule has 3 rings (SSSR count). The van der Waals surface area contributed by atoms with Crippen molar-refractivity contribution >= 4 is 34.8 Å². The van der Waals surface area contributed by atoms with Crippen LogP contribution in [0.25, 0.3) is 10.9 Å². The smallest absolute Gasteiger partial charge is 0.409 e. The number of rotatable bonds is 9. The molecule has 1 aromatic carbocycles. The number of aromatic hydroxyl groups is 1. The van der Waals surface area contributed by atoms with Crippen molar-refractivity contribution in [3.63, 3.8) is 0 Å². The molecule has 218 valence electrons. The number of benzene rings is 1. The first kappa shape index (κ1) is 30.6. The maximum absolute atomic E-state index is 13.5. The molecule has 1 aliphatic rings. The molecule has 0 radical (unpaired) electrons. The van der Waals surface area contributed by atoms with Gasteiger partial charge in [0.1, 0.15) is 23.1 Å². The highest BCUT2D eigenvalue weighted by atomic mass is 16.6. The van der Waals surface area contributed by atoms with Crippen LogP contribution in [-0.2, 0) is 19.1 Å². The Hall–Kier alpha value is -3.89. The minimum absolute atomic E-state index is 0.0113. The molecule has 3 amide bonds. The van der Waals surface area contributed by atoms with E-state index in [1.54, 1.807) is 42.7 Å². The number of amides is 3. The molecule has 1 atom stereocenters. The Bertz CT molecular complexity index is 1230. The number of piperazine rings is 1. The fourth-order valence-corrected chi connectivity index (χ4v) is 4.31. The lowest BCUT2D eigenvalue weighted by atomic mass is 10.1. The van der Waals surface area contributed by atoms with Gasteiger partial charge in [-0.05, 0) is 58.2 Å². The molecular weight excluding hydrogens is 516 g/mol. The third-order valence-electron chi connectivity index (χ3n) is 6.41. The zero-order valence-electron chi connectivity index (χ0n) is 24.0. The van der Waals surface area contributed by atoms with Gasteiger partial charge in [0.15, 0.2) is 0 Å². The third-order valence-corrected chi connectivity index (χ3v) is 6.41. The number of pyridine rings is 1. The Balaban J connectivity index is 1.73. The first-order chi connectivity index (χ1) is 18.9. The second-order valence-corrected chi connectivity index (χ2v) is 11.0. The van der Waals surface area contributed by atoms with Gasteiger partial charge in [-0.3, -0.25) is 14.4 Å². The van der Waals surface area contributed by atoms with Gasteiger partial charge in [0.2, 0.25) is 5.91 Å². The van der Waals surface area contributed by atoms with Crippen molar-refractivity contribution in [3.8, 4) is 5.75 Å². The summed E-state index contributed by atoms with van der Waals surface area (Å²) in [5.41, 5.74) is 0.622. The van der Waals surface area contributed by atoms with E-state index in [1.807, 2.05) is 19.9 Å². The molecule has 0 bridgehead atoms. The monoisotopic (exact) mass is 556 g/mol. The largest absolute Gasteiger partial charge is 0.507 e. The Kier molecular flexibility index (Phi) is 10.3. The number of esters is 1. The van der Waals surface area contributed by atoms with E-state index in [1.165, 1.54) is 6.07 Å². The van der Waals surface area contributed by atoms with Gasteiger partial charge in [0.05, 0.1) is 12.1 Å². The number of hydrogen-bond acceptors (Lipinski definition) is 8. The standard InChI is InChI=1S/C29H40N4O7/c1-6-7-16-39-28(38)33-14-12-32(13-15-33)27(37)21(10-11-25(35)40-29(3,4)5)31-26(36)23-18-24(34)20-9-8-19(2)17-22(20)30-23/h8-9,17-18,21H,6-7,10-16H2,1-5H3,(H,30,34)(H,31,36). The number of aromatic nitrogens is 1. The minimum atomic E-state index is -1.04. The third kappa shape index (κ3) is 8.56. The van der Waals surface area contributed by atoms with Crippen LogP contribution in [0.15, 0.2) is 24.3 Å². The van der Waals surface area contributed by atoms with Crippen LogP contribution in [0.5, 0.6) is 5.75 Å². The van der Waals surface area contributed by atoms with Crippen LogP contribution in [0, 0.1) is 6.92 Å². The lowest BCUT2D eigenvalue weighted by Crippen LogP contribution is -2.56. The first-order valence-corrected chi connectivity index (χ1v) is 13.7. The quantitative estimate of drug-likeness (QED) is 0.353. The molecule has 11 nitrogen and oxygen atoms in total. The van der Waals surface area contributed by atoms with Crippen LogP contribution in [0.1, 0.15) is 69.4 Å². The number of nitrogens with one attached hydrogen (secondary N) is 1. The predicted molar refractivity (Wildman–Crippen MR) is 149 cm³/mol. The Labute approximate surface area is 234 Å². The summed E-state index contributed by atoms with van der Waals surface area (Å²) in [5.74, 6) is -1.62. The Morgan fingerprint density at radius 2 is 1.75 bits per heavy atom. The molecule has 1 fully saturated rings. The highest BCUT2D eigenvalue weighted by molar-refractivity contribution is 5.99. The fraction of sp³-hybridized carbons (Fsp3) is 0.552. The van der Waals surface area contributed by atoms with Gasteiger partial charge in [-0.25, -0.2) is 9.78 Å². The zero-order chi connectivity index (χ0) is 29.4. The fourth-order valence-electron chi connectivity index (χ4n) is 4.31. The summed E-state index contributed by atoms with van der Waals surface area (Å²) in [6, 6.07) is 5.52. The van der Waals surface area contributed by atoms with Crippen molar-refractivity contribution in [2.24, 2.45) is 0 Å². The lowest BCUT2D eigenvalue weighted by Gasteiger charge is -2.36. The second kappa shape index (κ2) is 13.5. The second-order valence-electron chi connectivity index (χ2n) is 11.0. The molecule has 11 heteroatoms. The Morgan fingerprint density at radius 1 is 1.07 bits per heavy atom. The molecule has 1 unspecified atom stereocenters. The van der Waals surface area contributed by atoms with Crippen molar-refractivity contribution < 1.29 is 33.8 Å². The molecular formula is C29H40N4O7. The van der Waals surface area contributed by atoms with Gasteiger partial charge in [-0.15, -0.1) is 0 Å². The van der Waals surface area contributed by atoms with Gasteiger partial charge in [-0.1, -0.05) is 19.4 Å². The van der Waals surface area contributed by atoms with Crippen molar-refractivity contribution in [2.45, 2.75) is 71.9 Å². The molecule has 0 spiro atoms. The van der Waals surface area contributed by atoms with E-state index in [2.05, 4.69) is 10.3 Å². The number of carbonyl (C=O) groups excluding carboxylic acids is 4. The van der Waals surface area contributed by atoms with E-state index in [-0.39, 0.29) is 43.3 Å². The van der Waals surface area contributed by atoms with Crippen molar-refractivity contribution in [1.29, 1.82) is 0 Å². The number of fused-ring (bicyclic) bond motifs is 1. The van der Waals surface area contributed by atoms with Crippen LogP contribution >= 0.6 is 0 Å². The number of ether oxygens (including phenoxy) is 2. The Morgan fingerprint density at radius 3 is 2.40 bits per heavy atom. The van der Waals surface area contributed by atoms with Gasteiger partial charge in [0, 0.05) is 44.1 Å². The lowest BCUT2D eigenvalue weighted by molar-refractivity contribution is -0.155. The van der Waals surface area contributed by atoms with E-state index >= 15 is 0 Å². The minimum Gasteiger partial charge on any atom is -0.507 e. The number of carbonyl (C=O) groups is 4. The molecule has 0 saturated carbocycles. The summed E-state index contributed by atoms with van der Waals surface area (Å²) in [6.07, 6.45) is 1.21. The molecule has 2 heterocycles. The molecule has 0 aliphatic carbocycles. The molecule has 2 aromatic rings. The van der Waals surface area contributed by atoms with Gasteiger partial charge in [-0.2, -0.15) is 0 Å². The van der Waals surface area contributed by atoms with Crippen LogP contribution < -0.4 is 5.32 Å². The number of nitrogens with zero attached hydrogens (tertiary/aromatic N) is 3. The molecule has 1 aromatic heterocycles. The van der Waals surface area contributed by atoms with E-state index in [0.29, 0.717) is 30.6 Å². The molecule has 40 heavy (non-hydrogen) atoms. The first-order valence-electron chi connectivity index (χ1n) is 13.7. The average molecular weight is 557 g/mol. The normalized spacial score (nSPS) is 14.5. The summed E-state index contributed by atoms with van der Waals surface area (Å²) in [6.45, 7) is 10.6. The summed E-state index contributed by atoms with van der Waals surface area (Å²) in [4.78, 5) is 58.9. The highest BCUT2D eigenvalue weighted by Gasteiger charge is 2.32. The van der Waals surface area contributed by atoms with E-state index in [9.17, 15) is 24.3 Å². The molecule has 1 aliphatic heterocycles. The van der Waals surface area contributed by atoms with Gasteiger partial charge >= 0.3 is 12.1 Å². The van der Waals surface area contributed by atoms with Crippen LogP contribution in [0.4, 0.5) is 4.79 Å². The highest BCUT2D eigenvalue weighted by Crippen LogP contribution is 2.25. The van der Waals surface area contributed by atoms with Crippen LogP contribution in [-0.4, -0.2) is 88.2 Å². The van der Waals surface area contributed by atoms with E-state index in [4.69, 9.17) is 9.47 Å². The SMILES string of the molecule is CCCCOC(=O)N1CCN(C(=O)C(CCC(=O)OC(C)(C)C)NC(=O)c2cc(O)c3ccc(C)cc3n2)CC1. The predicted octanol–water partition coefficient (Wildman–Crippen LogP) is 3.55. The van der Waals surface area contributed by atoms with Crippen molar-refractivity contribution in [1.82, 2.24) is 20.1 Å². The van der Waals surface area contributed by atoms with E-state index in [0.717, 1.165) is 18.4 Å². The number of aryl methyl sites for hydroxylation is 1. The summed E-state index contributed by atoms with van der Waals surface area (Å²) in [5, 5.41) is 13.7. The van der Waals surface area contributed by atoms with Crippen molar-refractivity contribution in [3.05, 3.63) is 35.5 Å². The topological polar surface area (TPSA) is 138 Å². The van der Waals surface area contributed by atoms with Gasteiger partial charge < -0.3 is 29.7 Å².